The molecule has 0 aliphatic carbocycles. The number of benzene rings is 1. The van der Waals surface area contributed by atoms with Crippen molar-refractivity contribution in [2.24, 2.45) is 4.99 Å². The SMILES string of the molecule is CCCCN(C)C(=NC)NCC(c1cccc(OC)c1)N1CCCC1. The quantitative estimate of drug-likeness (QED) is 0.580. The number of nitrogens with one attached hydrogen (secondary N) is 1. The zero-order valence-electron chi connectivity index (χ0n) is 16.3. The molecule has 1 aliphatic rings. The number of methoxy groups -OCH3 is 1. The minimum absolute atomic E-state index is 0.342. The summed E-state index contributed by atoms with van der Waals surface area (Å²) in [6, 6.07) is 8.80. The minimum atomic E-state index is 0.342. The Balaban J connectivity index is 2.08. The number of ether oxygens (including phenoxy) is 1. The lowest BCUT2D eigenvalue weighted by atomic mass is 10.1. The zero-order chi connectivity index (χ0) is 18.1. The monoisotopic (exact) mass is 346 g/mol. The highest BCUT2D eigenvalue weighted by Crippen LogP contribution is 2.27. The van der Waals surface area contributed by atoms with E-state index in [0.717, 1.165) is 37.9 Å². The normalized spacial score (nSPS) is 16.7. The smallest absolute Gasteiger partial charge is 0.193 e. The Morgan fingerprint density at radius 1 is 1.36 bits per heavy atom. The summed E-state index contributed by atoms with van der Waals surface area (Å²) in [4.78, 5) is 9.24. The lowest BCUT2D eigenvalue weighted by molar-refractivity contribution is 0.243. The van der Waals surface area contributed by atoms with Crippen LogP contribution < -0.4 is 10.1 Å². The second kappa shape index (κ2) is 10.3. The number of guanidine groups is 1. The molecule has 1 unspecified atom stereocenters. The Labute approximate surface area is 153 Å². The average Bonchev–Trinajstić information content (AvgIpc) is 3.17. The van der Waals surface area contributed by atoms with Gasteiger partial charge in [0.15, 0.2) is 5.96 Å². The number of unbranched alkanes of at least 4 members (excludes halogenated alkanes) is 1. The molecule has 25 heavy (non-hydrogen) atoms. The Morgan fingerprint density at radius 2 is 2.12 bits per heavy atom. The van der Waals surface area contributed by atoms with Gasteiger partial charge >= 0.3 is 0 Å². The fraction of sp³-hybridized carbons (Fsp3) is 0.650. The summed E-state index contributed by atoms with van der Waals surface area (Å²) in [5, 5.41) is 3.58. The summed E-state index contributed by atoms with van der Waals surface area (Å²) < 4.78 is 5.43. The van der Waals surface area contributed by atoms with Crippen LogP contribution in [0.15, 0.2) is 29.3 Å². The highest BCUT2D eigenvalue weighted by Gasteiger charge is 2.24. The second-order valence-corrected chi connectivity index (χ2v) is 6.74. The van der Waals surface area contributed by atoms with Crippen molar-refractivity contribution in [1.29, 1.82) is 0 Å². The van der Waals surface area contributed by atoms with Gasteiger partial charge in [-0.05, 0) is 50.0 Å². The van der Waals surface area contributed by atoms with Crippen molar-refractivity contribution in [3.8, 4) is 5.75 Å². The number of rotatable bonds is 8. The van der Waals surface area contributed by atoms with Gasteiger partial charge in [0, 0.05) is 27.2 Å². The molecular formula is C20H34N4O. The van der Waals surface area contributed by atoms with E-state index in [0.29, 0.717) is 6.04 Å². The van der Waals surface area contributed by atoms with E-state index >= 15 is 0 Å². The van der Waals surface area contributed by atoms with Crippen LogP contribution in [0.4, 0.5) is 0 Å². The Morgan fingerprint density at radius 3 is 2.76 bits per heavy atom. The largest absolute Gasteiger partial charge is 0.497 e. The van der Waals surface area contributed by atoms with Gasteiger partial charge in [0.25, 0.3) is 0 Å². The maximum Gasteiger partial charge on any atom is 0.193 e. The van der Waals surface area contributed by atoms with Crippen molar-refractivity contribution in [3.05, 3.63) is 29.8 Å². The lowest BCUT2D eigenvalue weighted by Gasteiger charge is -2.30. The molecule has 0 spiro atoms. The molecule has 5 heteroatoms. The molecule has 1 aromatic rings. The highest BCUT2D eigenvalue weighted by molar-refractivity contribution is 5.79. The van der Waals surface area contributed by atoms with Crippen LogP contribution in [-0.4, -0.2) is 63.1 Å². The molecule has 1 aliphatic heterocycles. The van der Waals surface area contributed by atoms with Gasteiger partial charge in [0.1, 0.15) is 5.75 Å². The van der Waals surface area contributed by atoms with Gasteiger partial charge in [0.05, 0.1) is 13.2 Å². The Kier molecular flexibility index (Phi) is 8.06. The number of hydrogen-bond donors (Lipinski definition) is 1. The summed E-state index contributed by atoms with van der Waals surface area (Å²) in [5.74, 6) is 1.90. The molecule has 0 bridgehead atoms. The lowest BCUT2D eigenvalue weighted by Crippen LogP contribution is -2.43. The van der Waals surface area contributed by atoms with Crippen LogP contribution >= 0.6 is 0 Å². The first-order valence-electron chi connectivity index (χ1n) is 9.49. The van der Waals surface area contributed by atoms with Crippen molar-refractivity contribution in [1.82, 2.24) is 15.1 Å². The zero-order valence-corrected chi connectivity index (χ0v) is 16.3. The van der Waals surface area contributed by atoms with Crippen LogP contribution in [0.2, 0.25) is 0 Å². The second-order valence-electron chi connectivity index (χ2n) is 6.74. The first-order valence-corrected chi connectivity index (χ1v) is 9.49. The summed E-state index contributed by atoms with van der Waals surface area (Å²) >= 11 is 0. The third-order valence-electron chi connectivity index (χ3n) is 4.93. The van der Waals surface area contributed by atoms with E-state index in [1.54, 1.807) is 7.11 Å². The molecule has 5 nitrogen and oxygen atoms in total. The predicted octanol–water partition coefficient (Wildman–Crippen LogP) is 3.14. The molecule has 0 aromatic heterocycles. The first-order chi connectivity index (χ1) is 12.2. The van der Waals surface area contributed by atoms with Crippen LogP contribution in [0, 0.1) is 0 Å². The molecule has 1 fully saturated rings. The van der Waals surface area contributed by atoms with E-state index in [2.05, 4.69) is 52.3 Å². The first kappa shape index (κ1) is 19.6. The number of likely N-dealkylation sites (tertiary alicyclic amines) is 1. The molecule has 1 saturated heterocycles. The average molecular weight is 347 g/mol. The Hall–Kier alpha value is -1.75. The van der Waals surface area contributed by atoms with Crippen molar-refractivity contribution in [3.63, 3.8) is 0 Å². The standard InChI is InChI=1S/C20H34N4O/c1-5-6-12-23(3)20(21-2)22-16-19(24-13-7-8-14-24)17-10-9-11-18(15-17)25-4/h9-11,15,19H,5-8,12-14,16H2,1-4H3,(H,21,22). The van der Waals surface area contributed by atoms with Crippen LogP contribution in [0.1, 0.15) is 44.2 Å². The minimum Gasteiger partial charge on any atom is -0.497 e. The van der Waals surface area contributed by atoms with Crippen LogP contribution in [-0.2, 0) is 0 Å². The third-order valence-corrected chi connectivity index (χ3v) is 4.93. The van der Waals surface area contributed by atoms with E-state index in [1.807, 2.05) is 13.1 Å². The summed E-state index contributed by atoms with van der Waals surface area (Å²) in [6.07, 6.45) is 4.95. The van der Waals surface area contributed by atoms with Crippen LogP contribution in [0.3, 0.4) is 0 Å². The molecular weight excluding hydrogens is 312 g/mol. The summed E-state index contributed by atoms with van der Waals surface area (Å²) in [5.41, 5.74) is 1.31. The fourth-order valence-corrected chi connectivity index (χ4v) is 3.43. The number of nitrogens with zero attached hydrogens (tertiary/aromatic N) is 3. The van der Waals surface area contributed by atoms with Crippen molar-refractivity contribution in [2.75, 3.05) is 47.4 Å². The highest BCUT2D eigenvalue weighted by atomic mass is 16.5. The van der Waals surface area contributed by atoms with Gasteiger partial charge in [-0.3, -0.25) is 9.89 Å². The van der Waals surface area contributed by atoms with E-state index in [4.69, 9.17) is 4.74 Å². The van der Waals surface area contributed by atoms with E-state index in [1.165, 1.54) is 31.2 Å². The van der Waals surface area contributed by atoms with E-state index < -0.39 is 0 Å². The maximum atomic E-state index is 5.43. The molecule has 140 valence electrons. The maximum absolute atomic E-state index is 5.43. The number of aliphatic imine (C=N–C) groups is 1. The van der Waals surface area contributed by atoms with Gasteiger partial charge in [-0.15, -0.1) is 0 Å². The molecule has 1 heterocycles. The fourth-order valence-electron chi connectivity index (χ4n) is 3.43. The topological polar surface area (TPSA) is 40.1 Å². The van der Waals surface area contributed by atoms with Crippen molar-refractivity contribution in [2.45, 2.75) is 38.6 Å². The van der Waals surface area contributed by atoms with Gasteiger partial charge in [-0.25, -0.2) is 0 Å². The Bertz CT molecular complexity index is 540. The van der Waals surface area contributed by atoms with E-state index in [9.17, 15) is 0 Å². The molecule has 1 atom stereocenters. The molecule has 0 amide bonds. The molecule has 0 radical (unpaired) electrons. The van der Waals surface area contributed by atoms with Gasteiger partial charge in [-0.1, -0.05) is 25.5 Å². The predicted molar refractivity (Wildman–Crippen MR) is 105 cm³/mol. The summed E-state index contributed by atoms with van der Waals surface area (Å²) in [7, 11) is 5.70. The van der Waals surface area contributed by atoms with Crippen LogP contribution in [0.5, 0.6) is 5.75 Å². The van der Waals surface area contributed by atoms with Gasteiger partial charge < -0.3 is 15.0 Å². The van der Waals surface area contributed by atoms with Gasteiger partial charge in [-0.2, -0.15) is 0 Å². The molecule has 0 saturated carbocycles. The number of hydrogen-bond acceptors (Lipinski definition) is 3. The van der Waals surface area contributed by atoms with Gasteiger partial charge in [0.2, 0.25) is 0 Å². The third kappa shape index (κ3) is 5.63. The van der Waals surface area contributed by atoms with Crippen molar-refractivity contribution < 1.29 is 4.74 Å². The molecule has 2 rings (SSSR count). The molecule has 1 aromatic carbocycles. The summed E-state index contributed by atoms with van der Waals surface area (Å²) in [6.45, 7) is 6.43. The van der Waals surface area contributed by atoms with E-state index in [-0.39, 0.29) is 0 Å². The van der Waals surface area contributed by atoms with Crippen LogP contribution in [0.25, 0.3) is 0 Å². The van der Waals surface area contributed by atoms with Crippen molar-refractivity contribution >= 4 is 5.96 Å². The molecule has 1 N–H and O–H groups in total.